The van der Waals surface area contributed by atoms with Crippen molar-refractivity contribution in [1.82, 2.24) is 20.1 Å². The number of thioether (sulfide) groups is 1. The summed E-state index contributed by atoms with van der Waals surface area (Å²) in [4.78, 5) is 13.1. The van der Waals surface area contributed by atoms with E-state index >= 15 is 0 Å². The lowest BCUT2D eigenvalue weighted by Gasteiger charge is -2.00. The van der Waals surface area contributed by atoms with Crippen molar-refractivity contribution in [2.75, 3.05) is 0 Å². The number of hydrogen-bond donors (Lipinski definition) is 0. The second kappa shape index (κ2) is 6.05. The fraction of sp³-hybridized carbons (Fsp3) is 0.200. The van der Waals surface area contributed by atoms with Gasteiger partial charge in [-0.3, -0.25) is 0 Å². The summed E-state index contributed by atoms with van der Waals surface area (Å²) in [6.45, 7) is 3.91. The Labute approximate surface area is 126 Å². The van der Waals surface area contributed by atoms with E-state index in [1.165, 1.54) is 11.8 Å². The van der Waals surface area contributed by atoms with Crippen LogP contribution in [0.15, 0.2) is 46.1 Å². The molecule has 106 valence electrons. The van der Waals surface area contributed by atoms with E-state index in [4.69, 9.17) is 4.52 Å². The molecule has 0 aliphatic carbocycles. The van der Waals surface area contributed by atoms with E-state index in [9.17, 15) is 0 Å². The molecular formula is C15H14N4OS. The Hall–Kier alpha value is -2.21. The molecule has 0 radical (unpaired) electrons. The lowest BCUT2D eigenvalue weighted by atomic mass is 10.2. The number of benzene rings is 1. The summed E-state index contributed by atoms with van der Waals surface area (Å²) in [7, 11) is 0. The normalized spacial score (nSPS) is 10.8. The molecular weight excluding hydrogens is 284 g/mol. The smallest absolute Gasteiger partial charge is 0.237 e. The minimum absolute atomic E-state index is 0.558. The summed E-state index contributed by atoms with van der Waals surface area (Å²) in [5.41, 5.74) is 2.86. The summed E-state index contributed by atoms with van der Waals surface area (Å²) in [5, 5.41) is 4.72. The second-order valence-corrected chi connectivity index (χ2v) is 5.54. The van der Waals surface area contributed by atoms with Crippen molar-refractivity contribution in [1.29, 1.82) is 0 Å². The second-order valence-electron chi connectivity index (χ2n) is 4.60. The molecule has 0 saturated carbocycles. The first kappa shape index (κ1) is 13.8. The molecule has 0 aliphatic rings. The molecule has 0 aliphatic heterocycles. The van der Waals surface area contributed by atoms with E-state index in [2.05, 4.69) is 20.1 Å². The van der Waals surface area contributed by atoms with Crippen molar-refractivity contribution in [3.8, 4) is 11.4 Å². The van der Waals surface area contributed by atoms with E-state index < -0.39 is 0 Å². The minimum atomic E-state index is 0.558. The fourth-order valence-corrected chi connectivity index (χ4v) is 2.69. The summed E-state index contributed by atoms with van der Waals surface area (Å²) in [6.07, 6.45) is 0. The molecule has 0 saturated heterocycles. The van der Waals surface area contributed by atoms with Crippen LogP contribution in [0.5, 0.6) is 0 Å². The monoisotopic (exact) mass is 298 g/mol. The maximum atomic E-state index is 5.26. The molecule has 0 atom stereocenters. The van der Waals surface area contributed by atoms with Gasteiger partial charge in [0.25, 0.3) is 0 Å². The van der Waals surface area contributed by atoms with Crippen molar-refractivity contribution < 1.29 is 4.52 Å². The van der Waals surface area contributed by atoms with Gasteiger partial charge in [0.2, 0.25) is 11.7 Å². The maximum absolute atomic E-state index is 5.26. The zero-order chi connectivity index (χ0) is 14.7. The number of rotatable bonds is 4. The van der Waals surface area contributed by atoms with Gasteiger partial charge >= 0.3 is 0 Å². The summed E-state index contributed by atoms with van der Waals surface area (Å²) < 4.78 is 5.26. The number of aromatic nitrogens is 4. The predicted molar refractivity (Wildman–Crippen MR) is 80.8 cm³/mol. The van der Waals surface area contributed by atoms with Crippen molar-refractivity contribution in [2.24, 2.45) is 0 Å². The molecule has 0 spiro atoms. The standard InChI is InChI=1S/C15H14N4OS/c1-10-8-11(2)17-15(16-10)21-9-13-18-14(19-20-13)12-6-4-3-5-7-12/h3-8H,9H2,1-2H3. The molecule has 2 aromatic heterocycles. The van der Waals surface area contributed by atoms with Crippen LogP contribution in [0.1, 0.15) is 17.3 Å². The van der Waals surface area contributed by atoms with Crippen LogP contribution in [-0.2, 0) is 5.75 Å². The summed E-state index contributed by atoms with van der Waals surface area (Å²) >= 11 is 1.49. The lowest BCUT2D eigenvalue weighted by molar-refractivity contribution is 0.391. The van der Waals surface area contributed by atoms with Crippen LogP contribution in [0.2, 0.25) is 0 Å². The van der Waals surface area contributed by atoms with E-state index in [1.54, 1.807) is 0 Å². The van der Waals surface area contributed by atoms with Crippen LogP contribution < -0.4 is 0 Å². The van der Waals surface area contributed by atoms with Crippen LogP contribution in [0.3, 0.4) is 0 Å². The molecule has 21 heavy (non-hydrogen) atoms. The molecule has 0 amide bonds. The van der Waals surface area contributed by atoms with Crippen molar-refractivity contribution in [2.45, 2.75) is 24.8 Å². The van der Waals surface area contributed by atoms with Crippen molar-refractivity contribution >= 4 is 11.8 Å². The summed E-state index contributed by atoms with van der Waals surface area (Å²) in [6, 6.07) is 11.7. The Balaban J connectivity index is 1.70. The van der Waals surface area contributed by atoms with Crippen LogP contribution in [0.25, 0.3) is 11.4 Å². The average molecular weight is 298 g/mol. The zero-order valence-corrected chi connectivity index (χ0v) is 12.6. The zero-order valence-electron chi connectivity index (χ0n) is 11.8. The third kappa shape index (κ3) is 3.46. The van der Waals surface area contributed by atoms with Crippen LogP contribution in [0.4, 0.5) is 0 Å². The van der Waals surface area contributed by atoms with Gasteiger partial charge in [0.15, 0.2) is 5.16 Å². The average Bonchev–Trinajstić information content (AvgIpc) is 2.94. The SMILES string of the molecule is Cc1cc(C)nc(SCc2nc(-c3ccccc3)no2)n1. The minimum Gasteiger partial charge on any atom is -0.338 e. The maximum Gasteiger partial charge on any atom is 0.237 e. The highest BCUT2D eigenvalue weighted by Crippen LogP contribution is 2.21. The molecule has 5 nitrogen and oxygen atoms in total. The van der Waals surface area contributed by atoms with Gasteiger partial charge < -0.3 is 4.52 Å². The van der Waals surface area contributed by atoms with Gasteiger partial charge in [-0.2, -0.15) is 4.98 Å². The largest absolute Gasteiger partial charge is 0.338 e. The molecule has 3 aromatic rings. The third-order valence-electron chi connectivity index (χ3n) is 2.79. The van der Waals surface area contributed by atoms with Gasteiger partial charge in [0.05, 0.1) is 5.75 Å². The highest BCUT2D eigenvalue weighted by atomic mass is 32.2. The third-order valence-corrected chi connectivity index (χ3v) is 3.62. The molecule has 2 heterocycles. The van der Waals surface area contributed by atoms with E-state index in [-0.39, 0.29) is 0 Å². The Morgan fingerprint density at radius 2 is 1.71 bits per heavy atom. The first-order chi connectivity index (χ1) is 10.2. The molecule has 0 fully saturated rings. The van der Waals surface area contributed by atoms with Crippen LogP contribution in [0, 0.1) is 13.8 Å². The van der Waals surface area contributed by atoms with Crippen LogP contribution >= 0.6 is 11.8 Å². The first-order valence-corrected chi connectivity index (χ1v) is 7.52. The fourth-order valence-electron chi connectivity index (χ4n) is 1.90. The number of aryl methyl sites for hydroxylation is 2. The Morgan fingerprint density at radius 3 is 2.43 bits per heavy atom. The van der Waals surface area contributed by atoms with E-state index in [1.807, 2.05) is 50.2 Å². The number of nitrogens with zero attached hydrogens (tertiary/aromatic N) is 4. The Morgan fingerprint density at radius 1 is 1.00 bits per heavy atom. The van der Waals surface area contributed by atoms with Gasteiger partial charge in [0.1, 0.15) is 0 Å². The van der Waals surface area contributed by atoms with E-state index in [0.29, 0.717) is 17.5 Å². The highest BCUT2D eigenvalue weighted by Gasteiger charge is 2.09. The van der Waals surface area contributed by atoms with E-state index in [0.717, 1.165) is 22.1 Å². The molecule has 0 unspecified atom stereocenters. The Bertz CT molecular complexity index is 722. The highest BCUT2D eigenvalue weighted by molar-refractivity contribution is 7.98. The molecule has 0 N–H and O–H groups in total. The van der Waals surface area contributed by atoms with Gasteiger partial charge in [-0.25, -0.2) is 9.97 Å². The van der Waals surface area contributed by atoms with Crippen LogP contribution in [-0.4, -0.2) is 20.1 Å². The van der Waals surface area contributed by atoms with Gasteiger partial charge in [-0.1, -0.05) is 47.3 Å². The molecule has 3 rings (SSSR count). The summed E-state index contributed by atoms with van der Waals surface area (Å²) in [5.74, 6) is 1.73. The molecule has 6 heteroatoms. The van der Waals surface area contributed by atoms with Gasteiger partial charge in [-0.05, 0) is 19.9 Å². The predicted octanol–water partition coefficient (Wildman–Crippen LogP) is 3.44. The van der Waals surface area contributed by atoms with Gasteiger partial charge in [-0.15, -0.1) is 0 Å². The topological polar surface area (TPSA) is 64.7 Å². The molecule has 1 aromatic carbocycles. The quantitative estimate of drug-likeness (QED) is 0.543. The molecule has 0 bridgehead atoms. The first-order valence-electron chi connectivity index (χ1n) is 6.54. The van der Waals surface area contributed by atoms with Crippen molar-refractivity contribution in [3.63, 3.8) is 0 Å². The Kier molecular flexibility index (Phi) is 3.96. The number of hydrogen-bond acceptors (Lipinski definition) is 6. The van der Waals surface area contributed by atoms with Gasteiger partial charge in [0, 0.05) is 17.0 Å². The van der Waals surface area contributed by atoms with Crippen molar-refractivity contribution in [3.05, 3.63) is 53.7 Å². The lowest BCUT2D eigenvalue weighted by Crippen LogP contribution is -1.93.